The Morgan fingerprint density at radius 1 is 1.13 bits per heavy atom. The van der Waals surface area contributed by atoms with Crippen LogP contribution in [0, 0.1) is 5.92 Å². The lowest BCUT2D eigenvalue weighted by Crippen LogP contribution is -2.50. The van der Waals surface area contributed by atoms with E-state index in [0.29, 0.717) is 6.54 Å². The van der Waals surface area contributed by atoms with Crippen LogP contribution in [0.15, 0.2) is 30.3 Å². The molecule has 0 saturated carbocycles. The van der Waals surface area contributed by atoms with Crippen LogP contribution in [0.3, 0.4) is 0 Å². The van der Waals surface area contributed by atoms with E-state index in [2.05, 4.69) is 10.6 Å². The van der Waals surface area contributed by atoms with Gasteiger partial charge in [-0.05, 0) is 39.2 Å². The van der Waals surface area contributed by atoms with Gasteiger partial charge in [0.15, 0.2) is 0 Å². The van der Waals surface area contributed by atoms with Crippen LogP contribution >= 0.6 is 0 Å². The fourth-order valence-electron chi connectivity index (χ4n) is 2.87. The van der Waals surface area contributed by atoms with E-state index in [1.54, 1.807) is 4.90 Å². The number of carbonyl (C=O) groups is 2. The second kappa shape index (κ2) is 7.99. The van der Waals surface area contributed by atoms with Crippen molar-refractivity contribution in [2.45, 2.75) is 45.7 Å². The van der Waals surface area contributed by atoms with Crippen molar-refractivity contribution in [2.75, 3.05) is 13.1 Å². The number of nitrogens with zero attached hydrogens (tertiary/aromatic N) is 1. The van der Waals surface area contributed by atoms with Crippen molar-refractivity contribution in [1.29, 1.82) is 0 Å². The predicted molar refractivity (Wildman–Crippen MR) is 91.0 cm³/mol. The Labute approximate surface area is 138 Å². The Bertz CT molecular complexity index is 530. The van der Waals surface area contributed by atoms with Crippen LogP contribution in [0.5, 0.6) is 0 Å². The molecule has 1 heterocycles. The Morgan fingerprint density at radius 2 is 1.83 bits per heavy atom. The maximum Gasteiger partial charge on any atom is 0.317 e. The molecule has 1 aromatic rings. The molecule has 0 unspecified atom stereocenters. The molecule has 2 atom stereocenters. The van der Waals surface area contributed by atoms with Gasteiger partial charge in [-0.25, -0.2) is 4.79 Å². The van der Waals surface area contributed by atoms with Gasteiger partial charge in [-0.15, -0.1) is 0 Å². The number of likely N-dealkylation sites (tertiary alicyclic amines) is 1. The van der Waals surface area contributed by atoms with Gasteiger partial charge in [-0.2, -0.15) is 0 Å². The number of piperidine rings is 1. The molecule has 0 radical (unpaired) electrons. The largest absolute Gasteiger partial charge is 0.349 e. The zero-order valence-electron chi connectivity index (χ0n) is 14.2. The summed E-state index contributed by atoms with van der Waals surface area (Å²) >= 11 is 0. The van der Waals surface area contributed by atoms with E-state index in [4.69, 9.17) is 0 Å². The quantitative estimate of drug-likeness (QED) is 0.897. The van der Waals surface area contributed by atoms with Crippen LogP contribution in [0.1, 0.15) is 45.2 Å². The Kier molecular flexibility index (Phi) is 6.02. The smallest absolute Gasteiger partial charge is 0.317 e. The van der Waals surface area contributed by atoms with Gasteiger partial charge < -0.3 is 15.5 Å². The lowest BCUT2D eigenvalue weighted by Gasteiger charge is -2.33. The van der Waals surface area contributed by atoms with Crippen LogP contribution in [0.2, 0.25) is 0 Å². The topological polar surface area (TPSA) is 61.4 Å². The van der Waals surface area contributed by atoms with Crippen molar-refractivity contribution >= 4 is 11.9 Å². The second-order valence-electron chi connectivity index (χ2n) is 6.53. The van der Waals surface area contributed by atoms with Gasteiger partial charge in [0.2, 0.25) is 5.91 Å². The van der Waals surface area contributed by atoms with Crippen molar-refractivity contribution in [3.8, 4) is 0 Å². The van der Waals surface area contributed by atoms with E-state index in [-0.39, 0.29) is 29.9 Å². The average molecular weight is 317 g/mol. The highest BCUT2D eigenvalue weighted by Crippen LogP contribution is 2.19. The van der Waals surface area contributed by atoms with Crippen molar-refractivity contribution in [3.05, 3.63) is 35.9 Å². The molecule has 0 aliphatic carbocycles. The molecule has 2 N–H and O–H groups in total. The molecule has 0 aromatic heterocycles. The van der Waals surface area contributed by atoms with Crippen LogP contribution < -0.4 is 10.6 Å². The number of amides is 3. The molecule has 126 valence electrons. The first-order chi connectivity index (χ1) is 11.0. The van der Waals surface area contributed by atoms with Gasteiger partial charge in [0.25, 0.3) is 0 Å². The van der Waals surface area contributed by atoms with Crippen LogP contribution in [-0.2, 0) is 4.79 Å². The van der Waals surface area contributed by atoms with Crippen molar-refractivity contribution < 1.29 is 9.59 Å². The van der Waals surface area contributed by atoms with E-state index in [1.807, 2.05) is 51.1 Å². The summed E-state index contributed by atoms with van der Waals surface area (Å²) in [4.78, 5) is 26.4. The van der Waals surface area contributed by atoms with E-state index < -0.39 is 0 Å². The Balaban J connectivity index is 1.90. The third-order valence-electron chi connectivity index (χ3n) is 4.15. The standard InChI is InChI=1S/C18H27N3O2/c1-13(2)19-18(23)21-11-7-10-16(12-21)17(22)20-14(3)15-8-5-4-6-9-15/h4-6,8-9,13-14,16H,7,10-12H2,1-3H3,(H,19,23)(H,20,22)/t14-,16-/m0/s1. The summed E-state index contributed by atoms with van der Waals surface area (Å²) in [5, 5.41) is 5.96. The minimum Gasteiger partial charge on any atom is -0.349 e. The molecule has 3 amide bonds. The SMILES string of the molecule is CC(C)NC(=O)N1CCC[C@H](C(=O)N[C@@H](C)c2ccccc2)C1. The molecule has 1 saturated heterocycles. The van der Waals surface area contributed by atoms with Crippen molar-refractivity contribution in [3.63, 3.8) is 0 Å². The molecule has 1 fully saturated rings. The Hall–Kier alpha value is -2.04. The molecule has 1 aliphatic heterocycles. The van der Waals surface area contributed by atoms with Crippen molar-refractivity contribution in [2.24, 2.45) is 5.92 Å². The third-order valence-corrected chi connectivity index (χ3v) is 4.15. The number of rotatable bonds is 4. The molecule has 1 aliphatic rings. The lowest BCUT2D eigenvalue weighted by atomic mass is 9.96. The number of hydrogen-bond donors (Lipinski definition) is 2. The normalized spacial score (nSPS) is 19.3. The minimum atomic E-state index is -0.132. The number of hydrogen-bond acceptors (Lipinski definition) is 2. The van der Waals surface area contributed by atoms with Gasteiger partial charge in [0, 0.05) is 19.1 Å². The van der Waals surface area contributed by atoms with E-state index in [1.165, 1.54) is 0 Å². The predicted octanol–water partition coefficient (Wildman–Crippen LogP) is 2.69. The fraction of sp³-hybridized carbons (Fsp3) is 0.556. The van der Waals surface area contributed by atoms with Crippen LogP contribution in [-0.4, -0.2) is 36.0 Å². The fourth-order valence-corrected chi connectivity index (χ4v) is 2.87. The molecular formula is C18H27N3O2. The monoisotopic (exact) mass is 317 g/mol. The van der Waals surface area contributed by atoms with Crippen LogP contribution in [0.4, 0.5) is 4.79 Å². The molecule has 5 heteroatoms. The summed E-state index contributed by atoms with van der Waals surface area (Å²) in [6.45, 7) is 7.07. The first kappa shape index (κ1) is 17.3. The summed E-state index contributed by atoms with van der Waals surface area (Å²) in [5.74, 6) is -0.101. The average Bonchev–Trinajstić information content (AvgIpc) is 2.55. The highest BCUT2D eigenvalue weighted by atomic mass is 16.2. The third kappa shape index (κ3) is 4.98. The molecule has 5 nitrogen and oxygen atoms in total. The summed E-state index contributed by atoms with van der Waals surface area (Å²) in [6, 6.07) is 9.92. The first-order valence-corrected chi connectivity index (χ1v) is 8.38. The minimum absolute atomic E-state index is 0.0245. The highest BCUT2D eigenvalue weighted by Gasteiger charge is 2.29. The maximum atomic E-state index is 12.5. The molecule has 0 spiro atoms. The van der Waals surface area contributed by atoms with E-state index in [0.717, 1.165) is 24.9 Å². The molecule has 23 heavy (non-hydrogen) atoms. The van der Waals surface area contributed by atoms with E-state index in [9.17, 15) is 9.59 Å². The molecule has 0 bridgehead atoms. The van der Waals surface area contributed by atoms with Gasteiger partial charge in [-0.3, -0.25) is 4.79 Å². The number of urea groups is 1. The summed E-state index contributed by atoms with van der Waals surface area (Å²) < 4.78 is 0. The number of benzene rings is 1. The van der Waals surface area contributed by atoms with Crippen LogP contribution in [0.25, 0.3) is 0 Å². The number of nitrogens with one attached hydrogen (secondary N) is 2. The number of carbonyl (C=O) groups excluding carboxylic acids is 2. The summed E-state index contributed by atoms with van der Waals surface area (Å²) in [7, 11) is 0. The molecule has 2 rings (SSSR count). The Morgan fingerprint density at radius 3 is 2.48 bits per heavy atom. The second-order valence-corrected chi connectivity index (χ2v) is 6.53. The highest BCUT2D eigenvalue weighted by molar-refractivity contribution is 5.81. The zero-order valence-corrected chi connectivity index (χ0v) is 14.2. The first-order valence-electron chi connectivity index (χ1n) is 8.38. The molecule has 1 aromatic carbocycles. The maximum absolute atomic E-state index is 12.5. The lowest BCUT2D eigenvalue weighted by molar-refractivity contribution is -0.126. The molecular weight excluding hydrogens is 290 g/mol. The van der Waals surface area contributed by atoms with Gasteiger partial charge in [0.05, 0.1) is 12.0 Å². The van der Waals surface area contributed by atoms with Gasteiger partial charge in [0.1, 0.15) is 0 Å². The van der Waals surface area contributed by atoms with Gasteiger partial charge >= 0.3 is 6.03 Å². The zero-order chi connectivity index (χ0) is 16.8. The summed E-state index contributed by atoms with van der Waals surface area (Å²) in [6.07, 6.45) is 1.70. The van der Waals surface area contributed by atoms with Crippen molar-refractivity contribution in [1.82, 2.24) is 15.5 Å². The summed E-state index contributed by atoms with van der Waals surface area (Å²) in [5.41, 5.74) is 1.09. The van der Waals surface area contributed by atoms with E-state index >= 15 is 0 Å². The van der Waals surface area contributed by atoms with Gasteiger partial charge in [-0.1, -0.05) is 30.3 Å².